The van der Waals surface area contributed by atoms with Gasteiger partial charge in [-0.1, -0.05) is 30.3 Å². The molecule has 0 amide bonds. The van der Waals surface area contributed by atoms with E-state index in [-0.39, 0.29) is 5.41 Å². The number of rotatable bonds is 2. The van der Waals surface area contributed by atoms with Gasteiger partial charge in [0, 0.05) is 13.1 Å². The zero-order valence-corrected chi connectivity index (χ0v) is 14.0. The van der Waals surface area contributed by atoms with Crippen LogP contribution in [0.2, 0.25) is 0 Å². The highest BCUT2D eigenvalue weighted by Gasteiger charge is 2.43. The van der Waals surface area contributed by atoms with Gasteiger partial charge in [-0.15, -0.1) is 0 Å². The monoisotopic (exact) mass is 330 g/mol. The molecule has 1 spiro atoms. The fourth-order valence-electron chi connectivity index (χ4n) is 3.94. The maximum Gasteiger partial charge on any atom is 0.243 e. The molecule has 23 heavy (non-hydrogen) atoms. The van der Waals surface area contributed by atoms with Crippen LogP contribution in [0, 0.1) is 5.41 Å². The van der Waals surface area contributed by atoms with Crippen molar-refractivity contribution in [3.8, 4) is 0 Å². The number of piperidine rings is 1. The molecule has 2 fully saturated rings. The molecule has 0 unspecified atom stereocenters. The van der Waals surface area contributed by atoms with E-state index < -0.39 is 10.0 Å². The molecule has 0 bridgehead atoms. The van der Waals surface area contributed by atoms with Crippen molar-refractivity contribution in [2.24, 2.45) is 5.41 Å². The Morgan fingerprint density at radius 1 is 0.957 bits per heavy atom. The second-order valence-electron chi connectivity index (χ2n) is 6.85. The summed E-state index contributed by atoms with van der Waals surface area (Å²) in [7, 11) is -3.39. The molecule has 122 valence electrons. The summed E-state index contributed by atoms with van der Waals surface area (Å²) in [5.41, 5.74) is 0.190. The second-order valence-corrected chi connectivity index (χ2v) is 8.79. The van der Waals surface area contributed by atoms with Gasteiger partial charge in [-0.2, -0.15) is 4.31 Å². The molecule has 2 aromatic carbocycles. The minimum absolute atomic E-state index is 0.190. The lowest BCUT2D eigenvalue weighted by Gasteiger charge is -2.33. The van der Waals surface area contributed by atoms with Crippen LogP contribution in [0.4, 0.5) is 0 Å². The normalized spacial score (nSPS) is 21.9. The Labute approximate surface area is 137 Å². The molecular formula is C18H22N2O2S. The quantitative estimate of drug-likeness (QED) is 0.921. The summed E-state index contributed by atoms with van der Waals surface area (Å²) in [6.07, 6.45) is 3.15. The van der Waals surface area contributed by atoms with Gasteiger partial charge in [-0.05, 0) is 60.7 Å². The Bertz CT molecular complexity index is 826. The highest BCUT2D eigenvalue weighted by Crippen LogP contribution is 2.40. The van der Waals surface area contributed by atoms with Crippen molar-refractivity contribution >= 4 is 20.8 Å². The number of fused-ring (bicyclic) bond motifs is 1. The Morgan fingerprint density at radius 2 is 1.70 bits per heavy atom. The van der Waals surface area contributed by atoms with Gasteiger partial charge in [0.05, 0.1) is 4.90 Å². The summed E-state index contributed by atoms with van der Waals surface area (Å²) in [6.45, 7) is 3.33. The zero-order valence-electron chi connectivity index (χ0n) is 13.2. The summed E-state index contributed by atoms with van der Waals surface area (Å²) < 4.78 is 27.7. The third-order valence-electron chi connectivity index (χ3n) is 5.43. The van der Waals surface area contributed by atoms with Crippen LogP contribution in [0.1, 0.15) is 19.3 Å². The lowest BCUT2D eigenvalue weighted by atomic mass is 9.78. The first kappa shape index (κ1) is 15.1. The largest absolute Gasteiger partial charge is 0.317 e. The lowest BCUT2D eigenvalue weighted by molar-refractivity contribution is 0.218. The van der Waals surface area contributed by atoms with Gasteiger partial charge >= 0.3 is 0 Å². The summed E-state index contributed by atoms with van der Waals surface area (Å²) in [4.78, 5) is 0.419. The summed E-state index contributed by atoms with van der Waals surface area (Å²) >= 11 is 0. The molecule has 1 N–H and O–H groups in total. The molecule has 4 nitrogen and oxygen atoms in total. The maximum atomic E-state index is 13.0. The highest BCUT2D eigenvalue weighted by molar-refractivity contribution is 7.89. The van der Waals surface area contributed by atoms with Crippen LogP contribution in [0.5, 0.6) is 0 Å². The molecule has 2 aliphatic heterocycles. The van der Waals surface area contributed by atoms with Crippen LogP contribution in [0.3, 0.4) is 0 Å². The number of nitrogens with zero attached hydrogens (tertiary/aromatic N) is 1. The molecule has 0 saturated carbocycles. The summed E-state index contributed by atoms with van der Waals surface area (Å²) in [5.74, 6) is 0. The van der Waals surface area contributed by atoms with E-state index in [1.165, 1.54) is 0 Å². The standard InChI is InChI=1S/C18H22N2O2S/c21-23(22,17-6-5-15-3-1-2-4-16(15)13-17)20-12-9-18(14-20)7-10-19-11-8-18/h1-6,13,19H,7-12,14H2. The molecule has 2 saturated heterocycles. The van der Waals surface area contributed by atoms with E-state index in [2.05, 4.69) is 5.32 Å². The minimum Gasteiger partial charge on any atom is -0.317 e. The highest BCUT2D eigenvalue weighted by atomic mass is 32.2. The van der Waals surface area contributed by atoms with Crippen molar-refractivity contribution in [2.75, 3.05) is 26.2 Å². The topological polar surface area (TPSA) is 49.4 Å². The van der Waals surface area contributed by atoms with Crippen molar-refractivity contribution in [2.45, 2.75) is 24.2 Å². The van der Waals surface area contributed by atoms with Crippen LogP contribution in [0.15, 0.2) is 47.4 Å². The molecule has 5 heteroatoms. The molecule has 0 aromatic heterocycles. The Morgan fingerprint density at radius 3 is 2.48 bits per heavy atom. The van der Waals surface area contributed by atoms with E-state index in [1.807, 2.05) is 30.3 Å². The average molecular weight is 330 g/mol. The first-order valence-corrected chi connectivity index (χ1v) is 9.73. The van der Waals surface area contributed by atoms with Gasteiger partial charge in [-0.25, -0.2) is 8.42 Å². The summed E-state index contributed by atoms with van der Waals surface area (Å²) in [5, 5.41) is 5.42. The molecule has 0 aliphatic carbocycles. The Kier molecular flexibility index (Phi) is 3.67. The first-order chi connectivity index (χ1) is 11.1. The molecular weight excluding hydrogens is 308 g/mol. The number of nitrogens with one attached hydrogen (secondary N) is 1. The van der Waals surface area contributed by atoms with Gasteiger partial charge in [0.15, 0.2) is 0 Å². The van der Waals surface area contributed by atoms with Gasteiger partial charge < -0.3 is 5.32 Å². The van der Waals surface area contributed by atoms with Gasteiger partial charge in [0.2, 0.25) is 10.0 Å². The fourth-order valence-corrected chi connectivity index (χ4v) is 5.53. The van der Waals surface area contributed by atoms with Crippen molar-refractivity contribution in [3.63, 3.8) is 0 Å². The van der Waals surface area contributed by atoms with Crippen LogP contribution in [0.25, 0.3) is 10.8 Å². The van der Waals surface area contributed by atoms with E-state index in [9.17, 15) is 8.42 Å². The van der Waals surface area contributed by atoms with Crippen molar-refractivity contribution in [1.82, 2.24) is 9.62 Å². The van der Waals surface area contributed by atoms with E-state index in [0.717, 1.165) is 43.1 Å². The van der Waals surface area contributed by atoms with Crippen molar-refractivity contribution in [1.29, 1.82) is 0 Å². The number of sulfonamides is 1. The van der Waals surface area contributed by atoms with Crippen LogP contribution in [-0.2, 0) is 10.0 Å². The van der Waals surface area contributed by atoms with Crippen molar-refractivity contribution in [3.05, 3.63) is 42.5 Å². The number of hydrogen-bond donors (Lipinski definition) is 1. The van der Waals surface area contributed by atoms with Gasteiger partial charge in [-0.3, -0.25) is 0 Å². The number of benzene rings is 2. The fraction of sp³-hybridized carbons (Fsp3) is 0.444. The first-order valence-electron chi connectivity index (χ1n) is 8.29. The van der Waals surface area contributed by atoms with Crippen LogP contribution < -0.4 is 5.32 Å². The predicted molar refractivity (Wildman–Crippen MR) is 91.9 cm³/mol. The van der Waals surface area contributed by atoms with Gasteiger partial charge in [0.1, 0.15) is 0 Å². The summed E-state index contributed by atoms with van der Waals surface area (Å²) in [6, 6.07) is 13.3. The average Bonchev–Trinajstić information content (AvgIpc) is 2.99. The molecule has 0 radical (unpaired) electrons. The van der Waals surface area contributed by atoms with Crippen LogP contribution >= 0.6 is 0 Å². The third-order valence-corrected chi connectivity index (χ3v) is 7.27. The lowest BCUT2D eigenvalue weighted by Crippen LogP contribution is -2.39. The Hall–Kier alpha value is -1.43. The van der Waals surface area contributed by atoms with Crippen LogP contribution in [-0.4, -0.2) is 38.9 Å². The van der Waals surface area contributed by atoms with E-state index in [0.29, 0.717) is 18.0 Å². The molecule has 2 aliphatic rings. The smallest absolute Gasteiger partial charge is 0.243 e. The third kappa shape index (κ3) is 2.67. The molecule has 0 atom stereocenters. The molecule has 2 aromatic rings. The van der Waals surface area contributed by atoms with E-state index >= 15 is 0 Å². The zero-order chi connectivity index (χ0) is 15.9. The second kappa shape index (κ2) is 5.58. The number of hydrogen-bond acceptors (Lipinski definition) is 3. The van der Waals surface area contributed by atoms with E-state index in [4.69, 9.17) is 0 Å². The maximum absolute atomic E-state index is 13.0. The minimum atomic E-state index is -3.39. The SMILES string of the molecule is O=S(=O)(c1ccc2ccccc2c1)N1CCC2(CCNCC2)C1. The molecule has 2 heterocycles. The van der Waals surface area contributed by atoms with Gasteiger partial charge in [0.25, 0.3) is 0 Å². The predicted octanol–water partition coefficient (Wildman–Crippen LogP) is 2.60. The Balaban J connectivity index is 1.64. The molecule has 4 rings (SSSR count). The van der Waals surface area contributed by atoms with Crippen molar-refractivity contribution < 1.29 is 8.42 Å². The van der Waals surface area contributed by atoms with E-state index in [1.54, 1.807) is 16.4 Å².